The molecular formula is C20H29FN6. The summed E-state index contributed by atoms with van der Waals surface area (Å²) in [6.45, 7) is 8.25. The normalized spacial score (nSPS) is 15.5. The highest BCUT2D eigenvalue weighted by Crippen LogP contribution is 2.17. The largest absolute Gasteiger partial charge is 0.370 e. The van der Waals surface area contributed by atoms with Crippen LogP contribution in [0.1, 0.15) is 23.4 Å². The van der Waals surface area contributed by atoms with Crippen LogP contribution in [0.15, 0.2) is 29.3 Å². The summed E-state index contributed by atoms with van der Waals surface area (Å²) in [6, 6.07) is 6.65. The Labute approximate surface area is 160 Å². The van der Waals surface area contributed by atoms with E-state index in [4.69, 9.17) is 5.73 Å². The molecule has 7 heteroatoms. The number of benzene rings is 1. The molecule has 0 bridgehead atoms. The summed E-state index contributed by atoms with van der Waals surface area (Å²) < 4.78 is 15.0. The van der Waals surface area contributed by atoms with Gasteiger partial charge in [-0.05, 0) is 56.5 Å². The molecule has 1 aliphatic heterocycles. The summed E-state index contributed by atoms with van der Waals surface area (Å²) in [4.78, 5) is 8.94. The van der Waals surface area contributed by atoms with Crippen molar-refractivity contribution in [3.8, 4) is 0 Å². The van der Waals surface area contributed by atoms with Gasteiger partial charge in [-0.1, -0.05) is 0 Å². The molecule has 2 N–H and O–H groups in total. The van der Waals surface area contributed by atoms with E-state index >= 15 is 0 Å². The molecule has 0 spiro atoms. The second-order valence-corrected chi connectivity index (χ2v) is 7.07. The molecule has 0 amide bonds. The highest BCUT2D eigenvalue weighted by molar-refractivity contribution is 5.78. The zero-order valence-electron chi connectivity index (χ0n) is 16.5. The molecule has 27 heavy (non-hydrogen) atoms. The minimum atomic E-state index is -0.203. The Kier molecular flexibility index (Phi) is 5.98. The van der Waals surface area contributed by atoms with Crippen molar-refractivity contribution in [2.75, 3.05) is 37.6 Å². The van der Waals surface area contributed by atoms with Crippen LogP contribution in [-0.2, 0) is 13.5 Å². The fourth-order valence-electron chi connectivity index (χ4n) is 3.57. The fourth-order valence-corrected chi connectivity index (χ4v) is 3.57. The molecule has 1 saturated heterocycles. The minimum absolute atomic E-state index is 0.203. The maximum atomic E-state index is 13.1. The van der Waals surface area contributed by atoms with Crippen molar-refractivity contribution in [1.82, 2.24) is 14.7 Å². The van der Waals surface area contributed by atoms with Crippen molar-refractivity contribution in [3.63, 3.8) is 0 Å². The number of nitrogens with zero attached hydrogens (tertiary/aromatic N) is 5. The molecule has 1 aliphatic rings. The Balaban J connectivity index is 1.46. The van der Waals surface area contributed by atoms with E-state index in [0.29, 0.717) is 5.96 Å². The van der Waals surface area contributed by atoms with Gasteiger partial charge in [0.05, 0.1) is 5.69 Å². The molecule has 0 radical (unpaired) electrons. The van der Waals surface area contributed by atoms with Crippen molar-refractivity contribution in [2.45, 2.75) is 26.7 Å². The van der Waals surface area contributed by atoms with Crippen LogP contribution in [0.25, 0.3) is 0 Å². The Hall–Kier alpha value is -2.57. The van der Waals surface area contributed by atoms with Crippen LogP contribution in [0.5, 0.6) is 0 Å². The quantitative estimate of drug-likeness (QED) is 0.497. The van der Waals surface area contributed by atoms with E-state index in [1.165, 1.54) is 23.4 Å². The van der Waals surface area contributed by atoms with Crippen LogP contribution < -0.4 is 10.6 Å². The maximum Gasteiger partial charge on any atom is 0.191 e. The average molecular weight is 372 g/mol. The maximum absolute atomic E-state index is 13.1. The van der Waals surface area contributed by atoms with Crippen molar-refractivity contribution in [2.24, 2.45) is 17.8 Å². The number of aliphatic imine (C=N–C) groups is 1. The van der Waals surface area contributed by atoms with Gasteiger partial charge in [0.1, 0.15) is 5.82 Å². The van der Waals surface area contributed by atoms with Gasteiger partial charge >= 0.3 is 0 Å². The van der Waals surface area contributed by atoms with Crippen LogP contribution in [0.2, 0.25) is 0 Å². The lowest BCUT2D eigenvalue weighted by molar-refractivity contribution is 0.380. The molecule has 2 aromatic rings. The molecular weight excluding hydrogens is 343 g/mol. The van der Waals surface area contributed by atoms with E-state index in [2.05, 4.69) is 33.7 Å². The summed E-state index contributed by atoms with van der Waals surface area (Å²) in [5.41, 5.74) is 10.9. The highest BCUT2D eigenvalue weighted by Gasteiger charge is 2.18. The van der Waals surface area contributed by atoms with Gasteiger partial charge in [0.15, 0.2) is 5.96 Å². The predicted molar refractivity (Wildman–Crippen MR) is 108 cm³/mol. The van der Waals surface area contributed by atoms with Gasteiger partial charge in [-0.2, -0.15) is 5.10 Å². The summed E-state index contributed by atoms with van der Waals surface area (Å²) in [7, 11) is 1.98. The lowest BCUT2D eigenvalue weighted by atomic mass is 10.1. The third kappa shape index (κ3) is 4.59. The summed E-state index contributed by atoms with van der Waals surface area (Å²) in [5.74, 6) is 0.416. The Morgan fingerprint density at radius 3 is 2.41 bits per heavy atom. The number of anilines is 1. The average Bonchev–Trinajstić information content (AvgIpc) is 2.91. The SMILES string of the molecule is Cc1nn(C)c(C)c1CCCN=C(N)N1CCN(c2ccc(F)cc2)CC1. The second kappa shape index (κ2) is 8.41. The van der Waals surface area contributed by atoms with Crippen molar-refractivity contribution in [1.29, 1.82) is 0 Å². The Morgan fingerprint density at radius 2 is 1.81 bits per heavy atom. The van der Waals surface area contributed by atoms with Gasteiger partial charge < -0.3 is 15.5 Å². The number of rotatable bonds is 5. The van der Waals surface area contributed by atoms with E-state index in [1.54, 1.807) is 0 Å². The molecule has 6 nitrogen and oxygen atoms in total. The van der Waals surface area contributed by atoms with Gasteiger partial charge in [-0.15, -0.1) is 0 Å². The van der Waals surface area contributed by atoms with Crippen LogP contribution >= 0.6 is 0 Å². The number of hydrogen-bond acceptors (Lipinski definition) is 3. The van der Waals surface area contributed by atoms with E-state index < -0.39 is 0 Å². The zero-order valence-corrected chi connectivity index (χ0v) is 16.5. The number of halogens is 1. The third-order valence-electron chi connectivity index (χ3n) is 5.31. The molecule has 3 rings (SSSR count). The van der Waals surface area contributed by atoms with E-state index in [0.717, 1.165) is 56.9 Å². The summed E-state index contributed by atoms with van der Waals surface area (Å²) in [6.07, 6.45) is 1.93. The first-order chi connectivity index (χ1) is 13.0. The first-order valence-electron chi connectivity index (χ1n) is 9.50. The van der Waals surface area contributed by atoms with Gasteiger partial charge in [0.2, 0.25) is 0 Å². The third-order valence-corrected chi connectivity index (χ3v) is 5.31. The van der Waals surface area contributed by atoms with E-state index in [1.807, 2.05) is 23.9 Å². The lowest BCUT2D eigenvalue weighted by Crippen LogP contribution is -2.51. The van der Waals surface area contributed by atoms with Crippen LogP contribution in [-0.4, -0.2) is 53.4 Å². The predicted octanol–water partition coefficient (Wildman–Crippen LogP) is 2.25. The number of nitrogens with two attached hydrogens (primary N) is 1. The Morgan fingerprint density at radius 1 is 1.15 bits per heavy atom. The smallest absolute Gasteiger partial charge is 0.191 e. The van der Waals surface area contributed by atoms with Crippen LogP contribution in [0.4, 0.5) is 10.1 Å². The molecule has 0 aliphatic carbocycles. The van der Waals surface area contributed by atoms with Crippen molar-refractivity contribution >= 4 is 11.6 Å². The van der Waals surface area contributed by atoms with Gasteiger partial charge in [0.25, 0.3) is 0 Å². The standard InChI is InChI=1S/C20H29FN6/c1-15-19(16(2)25(3)24-15)5-4-10-23-20(22)27-13-11-26(12-14-27)18-8-6-17(21)7-9-18/h6-9H,4-5,10-14H2,1-3H3,(H2,22,23). The lowest BCUT2D eigenvalue weighted by Gasteiger charge is -2.36. The number of hydrogen-bond donors (Lipinski definition) is 1. The minimum Gasteiger partial charge on any atom is -0.370 e. The first-order valence-corrected chi connectivity index (χ1v) is 9.50. The summed E-state index contributed by atoms with van der Waals surface area (Å²) >= 11 is 0. The fraction of sp³-hybridized carbons (Fsp3) is 0.500. The molecule has 2 heterocycles. The number of piperazine rings is 1. The number of aryl methyl sites for hydroxylation is 2. The van der Waals surface area contributed by atoms with Gasteiger partial charge in [-0.25, -0.2) is 4.39 Å². The molecule has 0 atom stereocenters. The van der Waals surface area contributed by atoms with Crippen molar-refractivity contribution < 1.29 is 4.39 Å². The van der Waals surface area contributed by atoms with Crippen molar-refractivity contribution in [3.05, 3.63) is 47.0 Å². The topological polar surface area (TPSA) is 62.7 Å². The number of guanidine groups is 1. The molecule has 1 aromatic heterocycles. The zero-order chi connectivity index (χ0) is 19.4. The summed E-state index contributed by atoms with van der Waals surface area (Å²) in [5, 5.41) is 4.46. The van der Waals surface area contributed by atoms with E-state index in [-0.39, 0.29) is 5.82 Å². The molecule has 0 unspecified atom stereocenters. The molecule has 1 fully saturated rings. The number of aromatic nitrogens is 2. The van der Waals surface area contributed by atoms with E-state index in [9.17, 15) is 4.39 Å². The molecule has 1 aromatic carbocycles. The molecule has 146 valence electrons. The Bertz CT molecular complexity index is 788. The van der Waals surface area contributed by atoms with Crippen LogP contribution in [0.3, 0.4) is 0 Å². The van der Waals surface area contributed by atoms with Gasteiger partial charge in [0, 0.05) is 51.2 Å². The first kappa shape index (κ1) is 19.2. The van der Waals surface area contributed by atoms with Crippen LogP contribution in [0, 0.1) is 19.7 Å². The highest BCUT2D eigenvalue weighted by atomic mass is 19.1. The second-order valence-electron chi connectivity index (χ2n) is 7.07. The molecule has 0 saturated carbocycles. The van der Waals surface area contributed by atoms with Gasteiger partial charge in [-0.3, -0.25) is 9.67 Å². The monoisotopic (exact) mass is 372 g/mol.